The quantitative estimate of drug-likeness (QED) is 0.609. The highest BCUT2D eigenvalue weighted by molar-refractivity contribution is 5.72. The predicted octanol–water partition coefficient (Wildman–Crippen LogP) is 2.62. The van der Waals surface area contributed by atoms with Crippen LogP contribution in [0.5, 0.6) is 0 Å². The zero-order chi connectivity index (χ0) is 9.72. The summed E-state index contributed by atoms with van der Waals surface area (Å²) in [5.41, 5.74) is 0. The molecule has 0 saturated carbocycles. The lowest BCUT2D eigenvalue weighted by Crippen LogP contribution is -2.23. The van der Waals surface area contributed by atoms with Gasteiger partial charge in [0.1, 0.15) is 0 Å². The minimum absolute atomic E-state index is 0.0130. The average Bonchev–Trinajstić information content (AvgIpc) is 2.02. The van der Waals surface area contributed by atoms with Crippen LogP contribution in [0.1, 0.15) is 41.0 Å². The standard InChI is InChI=1S/C10H20O2/c1-6-8(4)12-10(11)9(5)7(2)3/h7-9H,6H2,1-5H3/t8-,9?/m0/s1. The molecule has 0 amide bonds. The van der Waals surface area contributed by atoms with Gasteiger partial charge in [-0.1, -0.05) is 27.7 Å². The van der Waals surface area contributed by atoms with Crippen LogP contribution in [0.25, 0.3) is 0 Å². The van der Waals surface area contributed by atoms with Crippen LogP contribution in [0.15, 0.2) is 0 Å². The fraction of sp³-hybridized carbons (Fsp3) is 0.900. The third kappa shape index (κ3) is 3.74. The average molecular weight is 172 g/mol. The number of carbonyl (C=O) groups excluding carboxylic acids is 1. The van der Waals surface area contributed by atoms with Crippen LogP contribution in [-0.4, -0.2) is 12.1 Å². The highest BCUT2D eigenvalue weighted by atomic mass is 16.5. The number of ether oxygens (including phenoxy) is 1. The van der Waals surface area contributed by atoms with Gasteiger partial charge in [-0.2, -0.15) is 0 Å². The lowest BCUT2D eigenvalue weighted by molar-refractivity contribution is -0.154. The lowest BCUT2D eigenvalue weighted by Gasteiger charge is -2.17. The highest BCUT2D eigenvalue weighted by Crippen LogP contribution is 2.13. The molecule has 0 saturated heterocycles. The first-order valence-corrected chi connectivity index (χ1v) is 4.69. The van der Waals surface area contributed by atoms with Crippen molar-refractivity contribution in [3.8, 4) is 0 Å². The van der Waals surface area contributed by atoms with Crippen LogP contribution in [-0.2, 0) is 9.53 Å². The van der Waals surface area contributed by atoms with E-state index >= 15 is 0 Å². The molecule has 1 unspecified atom stereocenters. The summed E-state index contributed by atoms with van der Waals surface area (Å²) < 4.78 is 5.18. The van der Waals surface area contributed by atoms with Gasteiger partial charge in [-0.25, -0.2) is 0 Å². The minimum atomic E-state index is -0.0700. The molecule has 0 N–H and O–H groups in total. The minimum Gasteiger partial charge on any atom is -0.462 e. The van der Waals surface area contributed by atoms with Gasteiger partial charge in [0.2, 0.25) is 0 Å². The first-order chi connectivity index (χ1) is 5.49. The molecular weight excluding hydrogens is 152 g/mol. The lowest BCUT2D eigenvalue weighted by atomic mass is 9.98. The maximum Gasteiger partial charge on any atom is 0.309 e. The molecule has 0 bridgehead atoms. The Labute approximate surface area is 75.3 Å². The van der Waals surface area contributed by atoms with Gasteiger partial charge in [-0.3, -0.25) is 4.79 Å². The van der Waals surface area contributed by atoms with E-state index in [-0.39, 0.29) is 18.0 Å². The topological polar surface area (TPSA) is 26.3 Å². The molecule has 0 radical (unpaired) electrons. The Morgan fingerprint density at radius 1 is 1.25 bits per heavy atom. The molecule has 0 heterocycles. The Morgan fingerprint density at radius 3 is 2.08 bits per heavy atom. The molecule has 0 fully saturated rings. The van der Waals surface area contributed by atoms with Gasteiger partial charge >= 0.3 is 5.97 Å². The second-order valence-corrected chi connectivity index (χ2v) is 3.69. The van der Waals surface area contributed by atoms with E-state index in [1.54, 1.807) is 0 Å². The van der Waals surface area contributed by atoms with Gasteiger partial charge in [0, 0.05) is 0 Å². The largest absolute Gasteiger partial charge is 0.462 e. The van der Waals surface area contributed by atoms with E-state index in [1.165, 1.54) is 0 Å². The molecule has 2 atom stereocenters. The molecule has 0 aliphatic heterocycles. The summed E-state index contributed by atoms with van der Waals surface area (Å²) >= 11 is 0. The zero-order valence-electron chi connectivity index (χ0n) is 8.76. The highest BCUT2D eigenvalue weighted by Gasteiger charge is 2.19. The monoisotopic (exact) mass is 172 g/mol. The predicted molar refractivity (Wildman–Crippen MR) is 49.8 cm³/mol. The maximum atomic E-state index is 11.3. The third-order valence-corrected chi connectivity index (χ3v) is 2.26. The molecule has 2 nitrogen and oxygen atoms in total. The van der Waals surface area contributed by atoms with E-state index in [4.69, 9.17) is 4.74 Å². The Bertz CT molecular complexity index is 141. The van der Waals surface area contributed by atoms with Gasteiger partial charge in [-0.05, 0) is 19.3 Å². The molecular formula is C10H20O2. The van der Waals surface area contributed by atoms with Crippen molar-refractivity contribution < 1.29 is 9.53 Å². The van der Waals surface area contributed by atoms with Gasteiger partial charge in [0.05, 0.1) is 12.0 Å². The van der Waals surface area contributed by atoms with E-state index in [2.05, 4.69) is 0 Å². The molecule has 0 aromatic carbocycles. The van der Waals surface area contributed by atoms with Crippen molar-refractivity contribution in [3.05, 3.63) is 0 Å². The summed E-state index contributed by atoms with van der Waals surface area (Å²) in [4.78, 5) is 11.3. The molecule has 0 rings (SSSR count). The molecule has 0 aliphatic carbocycles. The van der Waals surface area contributed by atoms with Crippen molar-refractivity contribution in [2.24, 2.45) is 11.8 Å². The van der Waals surface area contributed by atoms with E-state index in [9.17, 15) is 4.79 Å². The Hall–Kier alpha value is -0.530. The molecule has 0 spiro atoms. The number of rotatable bonds is 4. The first-order valence-electron chi connectivity index (χ1n) is 4.69. The molecule has 2 heteroatoms. The smallest absolute Gasteiger partial charge is 0.309 e. The second kappa shape index (κ2) is 5.18. The number of hydrogen-bond donors (Lipinski definition) is 0. The van der Waals surface area contributed by atoms with Crippen LogP contribution in [0.4, 0.5) is 0 Å². The van der Waals surface area contributed by atoms with Crippen molar-refractivity contribution in [2.75, 3.05) is 0 Å². The van der Waals surface area contributed by atoms with E-state index in [0.717, 1.165) is 6.42 Å². The number of carbonyl (C=O) groups is 1. The molecule has 0 aromatic heterocycles. The molecule has 72 valence electrons. The molecule has 12 heavy (non-hydrogen) atoms. The molecule has 0 aromatic rings. The second-order valence-electron chi connectivity index (χ2n) is 3.69. The third-order valence-electron chi connectivity index (χ3n) is 2.26. The van der Waals surface area contributed by atoms with Gasteiger partial charge in [-0.15, -0.1) is 0 Å². The number of hydrogen-bond acceptors (Lipinski definition) is 2. The van der Waals surface area contributed by atoms with Crippen molar-refractivity contribution >= 4 is 5.97 Å². The Balaban J connectivity index is 3.87. The van der Waals surface area contributed by atoms with Crippen molar-refractivity contribution in [1.82, 2.24) is 0 Å². The van der Waals surface area contributed by atoms with Crippen molar-refractivity contribution in [3.63, 3.8) is 0 Å². The summed E-state index contributed by atoms with van der Waals surface area (Å²) in [7, 11) is 0. The summed E-state index contributed by atoms with van der Waals surface area (Å²) in [6, 6.07) is 0. The van der Waals surface area contributed by atoms with Gasteiger partial charge < -0.3 is 4.74 Å². The summed E-state index contributed by atoms with van der Waals surface area (Å²) in [6.45, 7) is 9.91. The van der Waals surface area contributed by atoms with Crippen LogP contribution in [0, 0.1) is 11.8 Å². The molecule has 0 aliphatic rings. The normalized spacial score (nSPS) is 15.8. The SMILES string of the molecule is CC[C@H](C)OC(=O)C(C)C(C)C. The van der Waals surface area contributed by atoms with Gasteiger partial charge in [0.25, 0.3) is 0 Å². The van der Waals surface area contributed by atoms with Crippen LogP contribution in [0.3, 0.4) is 0 Å². The first kappa shape index (κ1) is 11.5. The zero-order valence-corrected chi connectivity index (χ0v) is 8.76. The van der Waals surface area contributed by atoms with E-state index in [1.807, 2.05) is 34.6 Å². The van der Waals surface area contributed by atoms with E-state index in [0.29, 0.717) is 5.92 Å². The Morgan fingerprint density at radius 2 is 1.75 bits per heavy atom. The van der Waals surface area contributed by atoms with Gasteiger partial charge in [0.15, 0.2) is 0 Å². The summed E-state index contributed by atoms with van der Waals surface area (Å²) in [5, 5.41) is 0. The summed E-state index contributed by atoms with van der Waals surface area (Å²) in [5.74, 6) is 0.305. The van der Waals surface area contributed by atoms with Crippen LogP contribution in [0.2, 0.25) is 0 Å². The fourth-order valence-corrected chi connectivity index (χ4v) is 0.661. The van der Waals surface area contributed by atoms with Crippen molar-refractivity contribution in [2.45, 2.75) is 47.1 Å². The van der Waals surface area contributed by atoms with Crippen LogP contribution >= 0.6 is 0 Å². The van der Waals surface area contributed by atoms with Crippen LogP contribution < -0.4 is 0 Å². The van der Waals surface area contributed by atoms with E-state index < -0.39 is 0 Å². The fourth-order valence-electron chi connectivity index (χ4n) is 0.661. The van der Waals surface area contributed by atoms with Crippen molar-refractivity contribution in [1.29, 1.82) is 0 Å². The number of esters is 1. The Kier molecular flexibility index (Phi) is 4.95. The maximum absolute atomic E-state index is 11.3. The summed E-state index contributed by atoms with van der Waals surface area (Å²) in [6.07, 6.45) is 0.940.